The number of aryl methyl sites for hydroxylation is 1. The first-order valence-electron chi connectivity index (χ1n) is 5.15. The van der Waals surface area contributed by atoms with Crippen LogP contribution in [0.15, 0.2) is 18.3 Å². The van der Waals surface area contributed by atoms with Gasteiger partial charge in [0.25, 0.3) is 0 Å². The van der Waals surface area contributed by atoms with Crippen LogP contribution >= 0.6 is 0 Å². The van der Waals surface area contributed by atoms with Crippen molar-refractivity contribution >= 4 is 11.7 Å². The summed E-state index contributed by atoms with van der Waals surface area (Å²) < 4.78 is 0. The Labute approximate surface area is 89.9 Å². The van der Waals surface area contributed by atoms with Crippen LogP contribution in [0, 0.1) is 6.92 Å². The molecule has 0 fully saturated rings. The highest BCUT2D eigenvalue weighted by atomic mass is 16.1. The van der Waals surface area contributed by atoms with E-state index in [0.717, 1.165) is 18.4 Å². The molecule has 0 aliphatic carbocycles. The molecule has 0 unspecified atom stereocenters. The van der Waals surface area contributed by atoms with Crippen LogP contribution in [0.4, 0.5) is 5.82 Å². The zero-order chi connectivity index (χ0) is 11.1. The smallest absolute Gasteiger partial charge is 0.225 e. The minimum atomic E-state index is 0.00486. The number of rotatable bonds is 5. The summed E-state index contributed by atoms with van der Waals surface area (Å²) in [6, 6.07) is 3.77. The Balaban J connectivity index is 2.41. The number of unbranched alkanes of at least 4 members (excludes halogenated alkanes) is 1. The molecule has 0 spiro atoms. The first-order chi connectivity index (χ1) is 7.24. The minimum absolute atomic E-state index is 0.00486. The molecule has 1 amide bonds. The third kappa shape index (κ3) is 4.08. The van der Waals surface area contributed by atoms with E-state index >= 15 is 0 Å². The fraction of sp³-hybridized carbons (Fsp3) is 0.455. The van der Waals surface area contributed by atoms with Crippen molar-refractivity contribution in [2.75, 3.05) is 11.9 Å². The van der Waals surface area contributed by atoms with Crippen molar-refractivity contribution < 1.29 is 4.79 Å². The Hall–Kier alpha value is -1.42. The average molecular weight is 207 g/mol. The highest BCUT2D eigenvalue weighted by molar-refractivity contribution is 5.90. The van der Waals surface area contributed by atoms with Gasteiger partial charge in [-0.15, -0.1) is 0 Å². The van der Waals surface area contributed by atoms with Crippen molar-refractivity contribution in [3.63, 3.8) is 0 Å². The summed E-state index contributed by atoms with van der Waals surface area (Å²) in [5.74, 6) is 0.653. The molecule has 1 rings (SSSR count). The molecule has 4 nitrogen and oxygen atoms in total. The SMILES string of the molecule is Cc1cccnc1NC(=O)CCCCN. The molecule has 1 aromatic rings. The van der Waals surface area contributed by atoms with Gasteiger partial charge in [0, 0.05) is 12.6 Å². The molecule has 1 aromatic heterocycles. The Morgan fingerprint density at radius 3 is 3.00 bits per heavy atom. The van der Waals surface area contributed by atoms with Gasteiger partial charge < -0.3 is 11.1 Å². The zero-order valence-corrected chi connectivity index (χ0v) is 8.99. The molecular formula is C11H17N3O. The van der Waals surface area contributed by atoms with E-state index in [4.69, 9.17) is 5.73 Å². The number of carbonyl (C=O) groups is 1. The molecule has 0 radical (unpaired) electrons. The van der Waals surface area contributed by atoms with Gasteiger partial charge in [0.2, 0.25) is 5.91 Å². The van der Waals surface area contributed by atoms with Crippen LogP contribution in [-0.4, -0.2) is 17.4 Å². The molecule has 0 aromatic carbocycles. The van der Waals surface area contributed by atoms with Crippen LogP contribution < -0.4 is 11.1 Å². The topological polar surface area (TPSA) is 68.0 Å². The molecule has 15 heavy (non-hydrogen) atoms. The number of nitrogens with zero attached hydrogens (tertiary/aromatic N) is 1. The Kier molecular flexibility index (Phi) is 4.77. The van der Waals surface area contributed by atoms with E-state index in [1.54, 1.807) is 6.20 Å². The Bertz CT molecular complexity index is 325. The largest absolute Gasteiger partial charge is 0.330 e. The van der Waals surface area contributed by atoms with Crippen LogP contribution in [0.25, 0.3) is 0 Å². The van der Waals surface area contributed by atoms with Crippen LogP contribution in [0.3, 0.4) is 0 Å². The summed E-state index contributed by atoms with van der Waals surface area (Å²) in [6.45, 7) is 2.55. The first-order valence-corrected chi connectivity index (χ1v) is 5.15. The van der Waals surface area contributed by atoms with Crippen molar-refractivity contribution in [2.45, 2.75) is 26.2 Å². The van der Waals surface area contributed by atoms with E-state index in [-0.39, 0.29) is 5.91 Å². The highest BCUT2D eigenvalue weighted by Crippen LogP contribution is 2.09. The number of nitrogens with two attached hydrogens (primary N) is 1. The predicted octanol–water partition coefficient (Wildman–Crippen LogP) is 1.46. The van der Waals surface area contributed by atoms with E-state index < -0.39 is 0 Å². The van der Waals surface area contributed by atoms with Crippen molar-refractivity contribution in [1.29, 1.82) is 0 Å². The summed E-state index contributed by atoms with van der Waals surface area (Å²) >= 11 is 0. The molecule has 0 aliphatic heterocycles. The fourth-order valence-corrected chi connectivity index (χ4v) is 1.24. The average Bonchev–Trinajstić information content (AvgIpc) is 2.22. The fourth-order valence-electron chi connectivity index (χ4n) is 1.24. The molecule has 0 atom stereocenters. The number of amides is 1. The number of nitrogens with one attached hydrogen (secondary N) is 1. The Morgan fingerprint density at radius 1 is 1.53 bits per heavy atom. The molecule has 0 aliphatic rings. The normalized spacial score (nSPS) is 10.0. The van der Waals surface area contributed by atoms with Gasteiger partial charge in [-0.2, -0.15) is 0 Å². The maximum atomic E-state index is 11.4. The summed E-state index contributed by atoms with van der Waals surface area (Å²) in [4.78, 5) is 15.5. The van der Waals surface area contributed by atoms with Crippen molar-refractivity contribution in [2.24, 2.45) is 5.73 Å². The van der Waals surface area contributed by atoms with Gasteiger partial charge in [-0.3, -0.25) is 4.79 Å². The first kappa shape index (κ1) is 11.7. The molecular weight excluding hydrogens is 190 g/mol. The molecule has 0 saturated heterocycles. The molecule has 82 valence electrons. The van der Waals surface area contributed by atoms with Crippen LogP contribution in [0.2, 0.25) is 0 Å². The van der Waals surface area contributed by atoms with E-state index in [1.165, 1.54) is 0 Å². The van der Waals surface area contributed by atoms with Gasteiger partial charge >= 0.3 is 0 Å². The monoisotopic (exact) mass is 207 g/mol. The lowest BCUT2D eigenvalue weighted by molar-refractivity contribution is -0.116. The predicted molar refractivity (Wildman–Crippen MR) is 60.5 cm³/mol. The number of hydrogen-bond acceptors (Lipinski definition) is 3. The summed E-state index contributed by atoms with van der Waals surface area (Å²) in [7, 11) is 0. The van der Waals surface area contributed by atoms with E-state index in [1.807, 2.05) is 19.1 Å². The highest BCUT2D eigenvalue weighted by Gasteiger charge is 2.04. The van der Waals surface area contributed by atoms with Gasteiger partial charge in [-0.25, -0.2) is 4.98 Å². The third-order valence-electron chi connectivity index (χ3n) is 2.13. The number of aromatic nitrogens is 1. The second-order valence-corrected chi connectivity index (χ2v) is 3.46. The second-order valence-electron chi connectivity index (χ2n) is 3.46. The van der Waals surface area contributed by atoms with E-state index in [0.29, 0.717) is 18.8 Å². The number of hydrogen-bond donors (Lipinski definition) is 2. The lowest BCUT2D eigenvalue weighted by Crippen LogP contribution is -2.13. The maximum Gasteiger partial charge on any atom is 0.225 e. The molecule has 4 heteroatoms. The minimum Gasteiger partial charge on any atom is -0.330 e. The zero-order valence-electron chi connectivity index (χ0n) is 8.99. The third-order valence-corrected chi connectivity index (χ3v) is 2.13. The number of anilines is 1. The summed E-state index contributed by atoms with van der Waals surface area (Å²) in [5, 5.41) is 2.78. The molecule has 1 heterocycles. The van der Waals surface area contributed by atoms with Crippen molar-refractivity contribution in [1.82, 2.24) is 4.98 Å². The van der Waals surface area contributed by atoms with E-state index in [2.05, 4.69) is 10.3 Å². The van der Waals surface area contributed by atoms with Gasteiger partial charge in [-0.1, -0.05) is 6.07 Å². The van der Waals surface area contributed by atoms with Crippen LogP contribution in [0.5, 0.6) is 0 Å². The molecule has 3 N–H and O–H groups in total. The van der Waals surface area contributed by atoms with Crippen LogP contribution in [0.1, 0.15) is 24.8 Å². The van der Waals surface area contributed by atoms with Gasteiger partial charge in [0.05, 0.1) is 0 Å². The Morgan fingerprint density at radius 2 is 2.33 bits per heavy atom. The summed E-state index contributed by atoms with van der Waals surface area (Å²) in [5.41, 5.74) is 6.32. The van der Waals surface area contributed by atoms with Gasteiger partial charge in [0.1, 0.15) is 5.82 Å². The van der Waals surface area contributed by atoms with E-state index in [9.17, 15) is 4.79 Å². The lowest BCUT2D eigenvalue weighted by Gasteiger charge is -2.06. The number of pyridine rings is 1. The quantitative estimate of drug-likeness (QED) is 0.718. The van der Waals surface area contributed by atoms with Crippen molar-refractivity contribution in [3.05, 3.63) is 23.9 Å². The second kappa shape index (κ2) is 6.14. The maximum absolute atomic E-state index is 11.4. The molecule has 0 bridgehead atoms. The molecule has 0 saturated carbocycles. The van der Waals surface area contributed by atoms with Crippen LogP contribution in [-0.2, 0) is 4.79 Å². The summed E-state index contributed by atoms with van der Waals surface area (Å²) in [6.07, 6.45) is 3.89. The lowest BCUT2D eigenvalue weighted by atomic mass is 10.2. The number of carbonyl (C=O) groups excluding carboxylic acids is 1. The standard InChI is InChI=1S/C11H17N3O/c1-9-5-4-8-13-11(9)14-10(15)6-2-3-7-12/h4-5,8H,2-3,6-7,12H2,1H3,(H,13,14,15). The van der Waals surface area contributed by atoms with Crippen molar-refractivity contribution in [3.8, 4) is 0 Å². The van der Waals surface area contributed by atoms with Gasteiger partial charge in [-0.05, 0) is 37.9 Å². The van der Waals surface area contributed by atoms with Gasteiger partial charge in [0.15, 0.2) is 0 Å².